The van der Waals surface area contributed by atoms with Gasteiger partial charge in [0.2, 0.25) is 5.91 Å². The molecule has 152 valence electrons. The second-order valence-electron chi connectivity index (χ2n) is 6.30. The Morgan fingerprint density at radius 2 is 1.77 bits per heavy atom. The first-order valence-corrected chi connectivity index (χ1v) is 12.1. The molecule has 30 heavy (non-hydrogen) atoms. The largest absolute Gasteiger partial charge is 0.301 e. The summed E-state index contributed by atoms with van der Waals surface area (Å²) >= 11 is 4.49. The number of thioether (sulfide) groups is 2. The molecule has 2 aromatic carbocycles. The molecule has 9 heteroatoms. The van der Waals surface area contributed by atoms with Crippen molar-refractivity contribution in [3.05, 3.63) is 77.6 Å². The summed E-state index contributed by atoms with van der Waals surface area (Å²) in [6.45, 7) is 1.90. The lowest BCUT2D eigenvalue weighted by Gasteiger charge is -2.10. The van der Waals surface area contributed by atoms with E-state index in [0.29, 0.717) is 16.0 Å². The molecule has 0 aliphatic rings. The van der Waals surface area contributed by atoms with Crippen LogP contribution in [0.25, 0.3) is 5.69 Å². The van der Waals surface area contributed by atoms with Crippen LogP contribution in [0.2, 0.25) is 0 Å². The molecule has 2 aromatic heterocycles. The summed E-state index contributed by atoms with van der Waals surface area (Å²) in [6, 6.07) is 20.2. The molecule has 0 radical (unpaired) electrons. The van der Waals surface area contributed by atoms with E-state index in [1.165, 1.54) is 28.0 Å². The van der Waals surface area contributed by atoms with Crippen LogP contribution in [-0.4, -0.2) is 31.4 Å². The highest BCUT2D eigenvalue weighted by Gasteiger charge is 2.16. The van der Waals surface area contributed by atoms with Crippen LogP contribution in [0.15, 0.2) is 76.1 Å². The van der Waals surface area contributed by atoms with Gasteiger partial charge in [-0.05, 0) is 31.2 Å². The molecule has 4 aromatic rings. The number of benzene rings is 2. The highest BCUT2D eigenvalue weighted by atomic mass is 32.2. The highest BCUT2D eigenvalue weighted by molar-refractivity contribution is 7.99. The third-order valence-corrected chi connectivity index (χ3v) is 6.84. The van der Waals surface area contributed by atoms with Gasteiger partial charge in [-0.1, -0.05) is 48.2 Å². The Bertz CT molecular complexity index is 1110. The number of para-hydroxylation sites is 1. The predicted octanol–water partition coefficient (Wildman–Crippen LogP) is 5.06. The van der Waals surface area contributed by atoms with Crippen LogP contribution in [0, 0.1) is 6.92 Å². The zero-order valence-corrected chi connectivity index (χ0v) is 18.6. The molecule has 0 fully saturated rings. The molecule has 1 amide bonds. The van der Waals surface area contributed by atoms with E-state index < -0.39 is 0 Å². The molecule has 0 saturated carbocycles. The van der Waals surface area contributed by atoms with Gasteiger partial charge in [-0.25, -0.2) is 4.98 Å². The maximum absolute atomic E-state index is 12.3. The number of nitrogens with one attached hydrogen (secondary N) is 1. The van der Waals surface area contributed by atoms with Gasteiger partial charge in [-0.2, -0.15) is 0 Å². The van der Waals surface area contributed by atoms with E-state index in [0.717, 1.165) is 17.2 Å². The lowest BCUT2D eigenvalue weighted by molar-refractivity contribution is -0.113. The fourth-order valence-electron chi connectivity index (χ4n) is 2.69. The van der Waals surface area contributed by atoms with Crippen molar-refractivity contribution in [3.63, 3.8) is 0 Å². The van der Waals surface area contributed by atoms with E-state index in [1.54, 1.807) is 11.8 Å². The minimum absolute atomic E-state index is 0.114. The summed E-state index contributed by atoms with van der Waals surface area (Å²) < 4.78 is 2.02. The Balaban J connectivity index is 1.49. The van der Waals surface area contributed by atoms with Gasteiger partial charge >= 0.3 is 0 Å². The Morgan fingerprint density at radius 3 is 2.47 bits per heavy atom. The number of carbonyl (C=O) groups excluding carboxylic acids is 1. The van der Waals surface area contributed by atoms with Crippen LogP contribution < -0.4 is 5.32 Å². The number of carbonyl (C=O) groups is 1. The molecular formula is C21H19N5OS3. The van der Waals surface area contributed by atoms with E-state index in [2.05, 4.69) is 32.6 Å². The van der Waals surface area contributed by atoms with Crippen LogP contribution in [0.4, 0.5) is 5.13 Å². The molecule has 4 rings (SSSR count). The van der Waals surface area contributed by atoms with Crippen molar-refractivity contribution < 1.29 is 4.79 Å². The van der Waals surface area contributed by atoms with Gasteiger partial charge in [-0.15, -0.1) is 33.3 Å². The Morgan fingerprint density at radius 1 is 1.03 bits per heavy atom. The topological polar surface area (TPSA) is 72.7 Å². The number of thiazole rings is 1. The van der Waals surface area contributed by atoms with Crippen molar-refractivity contribution in [2.45, 2.75) is 22.7 Å². The van der Waals surface area contributed by atoms with Gasteiger partial charge < -0.3 is 5.32 Å². The quantitative estimate of drug-likeness (QED) is 0.376. The molecule has 2 heterocycles. The van der Waals surface area contributed by atoms with Gasteiger partial charge in [0.05, 0.1) is 17.2 Å². The number of aryl methyl sites for hydroxylation is 1. The third kappa shape index (κ3) is 5.29. The molecule has 0 spiro atoms. The van der Waals surface area contributed by atoms with Gasteiger partial charge in [0, 0.05) is 16.0 Å². The van der Waals surface area contributed by atoms with E-state index in [-0.39, 0.29) is 11.7 Å². The minimum atomic E-state index is -0.114. The van der Waals surface area contributed by atoms with Gasteiger partial charge in [0.1, 0.15) is 5.82 Å². The summed E-state index contributed by atoms with van der Waals surface area (Å²) in [5.41, 5.74) is 1.87. The van der Waals surface area contributed by atoms with Crippen LogP contribution in [0.3, 0.4) is 0 Å². The number of hydrogen-bond acceptors (Lipinski definition) is 7. The molecule has 0 bridgehead atoms. The zero-order valence-electron chi connectivity index (χ0n) is 16.2. The lowest BCUT2D eigenvalue weighted by Crippen LogP contribution is -2.14. The Kier molecular flexibility index (Phi) is 6.83. The number of nitrogens with zero attached hydrogens (tertiary/aromatic N) is 4. The minimum Gasteiger partial charge on any atom is -0.301 e. The predicted molar refractivity (Wildman–Crippen MR) is 124 cm³/mol. The number of aromatic nitrogens is 4. The SMILES string of the molecule is Cc1csc(NC(=O)CSc2nnc(CSc3ccccc3)n2-c2ccccc2)n1. The summed E-state index contributed by atoms with van der Waals surface area (Å²) in [5.74, 6) is 1.64. The van der Waals surface area contributed by atoms with Crippen molar-refractivity contribution in [2.24, 2.45) is 0 Å². The summed E-state index contributed by atoms with van der Waals surface area (Å²) in [6.07, 6.45) is 0. The van der Waals surface area contributed by atoms with Crippen molar-refractivity contribution in [2.75, 3.05) is 11.1 Å². The lowest BCUT2D eigenvalue weighted by atomic mass is 10.3. The molecule has 0 aliphatic heterocycles. The Labute approximate surface area is 187 Å². The van der Waals surface area contributed by atoms with Gasteiger partial charge in [0.15, 0.2) is 10.3 Å². The molecule has 0 saturated heterocycles. The first kappa shape index (κ1) is 20.6. The standard InChI is InChI=1S/C21H19N5OS3/c1-15-12-29-20(22-15)23-19(27)14-30-21-25-24-18(13-28-17-10-6-3-7-11-17)26(21)16-8-4-2-5-9-16/h2-12H,13-14H2,1H3,(H,22,23,27). The second kappa shape index (κ2) is 9.92. The van der Waals surface area contributed by atoms with E-state index in [4.69, 9.17) is 0 Å². The van der Waals surface area contributed by atoms with Crippen molar-refractivity contribution in [1.82, 2.24) is 19.7 Å². The summed E-state index contributed by atoms with van der Waals surface area (Å²) in [4.78, 5) is 17.8. The van der Waals surface area contributed by atoms with Crippen LogP contribution in [0.1, 0.15) is 11.5 Å². The summed E-state index contributed by atoms with van der Waals surface area (Å²) in [7, 11) is 0. The summed E-state index contributed by atoms with van der Waals surface area (Å²) in [5, 5.41) is 14.8. The second-order valence-corrected chi connectivity index (χ2v) is 9.15. The number of hydrogen-bond donors (Lipinski definition) is 1. The fourth-order valence-corrected chi connectivity index (χ4v) is 4.99. The molecule has 0 atom stereocenters. The van der Waals surface area contributed by atoms with Crippen LogP contribution in [0.5, 0.6) is 0 Å². The van der Waals surface area contributed by atoms with Crippen molar-refractivity contribution in [3.8, 4) is 5.69 Å². The number of anilines is 1. The molecule has 6 nitrogen and oxygen atoms in total. The van der Waals surface area contributed by atoms with E-state index in [9.17, 15) is 4.79 Å². The first-order chi connectivity index (χ1) is 14.7. The number of amides is 1. The molecule has 1 N–H and O–H groups in total. The maximum Gasteiger partial charge on any atom is 0.236 e. The van der Waals surface area contributed by atoms with Gasteiger partial charge in [-0.3, -0.25) is 9.36 Å². The fraction of sp³-hybridized carbons (Fsp3) is 0.143. The Hall–Kier alpha value is -2.62. The van der Waals surface area contributed by atoms with Crippen LogP contribution >= 0.6 is 34.9 Å². The average Bonchev–Trinajstić information content (AvgIpc) is 3.37. The monoisotopic (exact) mass is 453 g/mol. The highest BCUT2D eigenvalue weighted by Crippen LogP contribution is 2.27. The molecular weight excluding hydrogens is 434 g/mol. The average molecular weight is 454 g/mol. The van der Waals surface area contributed by atoms with Crippen molar-refractivity contribution >= 4 is 45.9 Å². The van der Waals surface area contributed by atoms with E-state index in [1.807, 2.05) is 65.4 Å². The van der Waals surface area contributed by atoms with Crippen LogP contribution in [-0.2, 0) is 10.5 Å². The first-order valence-electron chi connectivity index (χ1n) is 9.21. The number of rotatable bonds is 8. The zero-order chi connectivity index (χ0) is 20.8. The maximum atomic E-state index is 12.3. The van der Waals surface area contributed by atoms with Crippen molar-refractivity contribution in [1.29, 1.82) is 0 Å². The van der Waals surface area contributed by atoms with Gasteiger partial charge in [0.25, 0.3) is 0 Å². The van der Waals surface area contributed by atoms with E-state index >= 15 is 0 Å². The normalized spacial score (nSPS) is 10.8. The molecule has 0 unspecified atom stereocenters. The smallest absolute Gasteiger partial charge is 0.236 e. The third-order valence-electron chi connectivity index (χ3n) is 4.02. The molecule has 0 aliphatic carbocycles.